The van der Waals surface area contributed by atoms with Crippen molar-refractivity contribution in [3.05, 3.63) is 42.4 Å². The number of aliphatic carboxylic acids is 1. The van der Waals surface area contributed by atoms with Gasteiger partial charge in [0.05, 0.1) is 6.20 Å². The fourth-order valence-electron chi connectivity index (χ4n) is 2.31. The molecule has 1 aromatic heterocycles. The standard InChI is InChI=1S/C18H22N2O4/c1-3-12(2)17(18(22)23)20-15(21)9-10-16-19-11-14(24-16)13-7-5-4-6-8-13/h4-8,11-12,17H,3,9-10H2,1-2H3,(H,20,21)(H,22,23)/t12-,17-/m0/s1. The molecule has 1 amide bonds. The van der Waals surface area contributed by atoms with Crippen molar-refractivity contribution >= 4 is 11.9 Å². The predicted molar refractivity (Wildman–Crippen MR) is 89.3 cm³/mol. The molecule has 24 heavy (non-hydrogen) atoms. The number of nitrogens with one attached hydrogen (secondary N) is 1. The summed E-state index contributed by atoms with van der Waals surface area (Å²) in [5.74, 6) is -0.353. The monoisotopic (exact) mass is 330 g/mol. The third-order valence-corrected chi connectivity index (χ3v) is 3.97. The van der Waals surface area contributed by atoms with Crippen molar-refractivity contribution in [2.75, 3.05) is 0 Å². The van der Waals surface area contributed by atoms with E-state index in [0.29, 0.717) is 24.5 Å². The van der Waals surface area contributed by atoms with E-state index in [1.165, 1.54) is 0 Å². The number of amides is 1. The maximum atomic E-state index is 12.0. The molecule has 2 aromatic rings. The summed E-state index contributed by atoms with van der Waals surface area (Å²) in [6.07, 6.45) is 2.76. The Morgan fingerprint density at radius 1 is 1.29 bits per heavy atom. The van der Waals surface area contributed by atoms with E-state index in [1.807, 2.05) is 37.3 Å². The SMILES string of the molecule is CC[C@H](C)[C@H](NC(=O)CCc1ncc(-c2ccccc2)o1)C(=O)O. The maximum absolute atomic E-state index is 12.0. The summed E-state index contributed by atoms with van der Waals surface area (Å²) in [4.78, 5) is 27.4. The van der Waals surface area contributed by atoms with Crippen LogP contribution in [0.2, 0.25) is 0 Å². The number of carbonyl (C=O) groups is 2. The largest absolute Gasteiger partial charge is 0.480 e. The number of oxazole rings is 1. The van der Waals surface area contributed by atoms with Crippen LogP contribution < -0.4 is 5.32 Å². The quantitative estimate of drug-likeness (QED) is 0.776. The second kappa shape index (κ2) is 8.29. The van der Waals surface area contributed by atoms with E-state index >= 15 is 0 Å². The Balaban J connectivity index is 1.90. The minimum Gasteiger partial charge on any atom is -0.480 e. The lowest BCUT2D eigenvalue weighted by Crippen LogP contribution is -2.45. The van der Waals surface area contributed by atoms with Crippen LogP contribution in [0.1, 0.15) is 32.6 Å². The van der Waals surface area contributed by atoms with Crippen LogP contribution in [0.5, 0.6) is 0 Å². The van der Waals surface area contributed by atoms with Gasteiger partial charge in [0.2, 0.25) is 5.91 Å². The molecule has 0 saturated carbocycles. The van der Waals surface area contributed by atoms with Crippen LogP contribution in [0.3, 0.4) is 0 Å². The fourth-order valence-corrected chi connectivity index (χ4v) is 2.31. The fraction of sp³-hybridized carbons (Fsp3) is 0.389. The molecule has 0 fully saturated rings. The normalized spacial score (nSPS) is 13.2. The number of carbonyl (C=O) groups excluding carboxylic acids is 1. The summed E-state index contributed by atoms with van der Waals surface area (Å²) in [5, 5.41) is 11.8. The molecule has 0 saturated heterocycles. The Hall–Kier alpha value is -2.63. The molecule has 0 spiro atoms. The Morgan fingerprint density at radius 2 is 2.00 bits per heavy atom. The first-order valence-electron chi connectivity index (χ1n) is 8.03. The van der Waals surface area contributed by atoms with E-state index in [1.54, 1.807) is 13.1 Å². The molecule has 2 N–H and O–H groups in total. The summed E-state index contributed by atoms with van der Waals surface area (Å²) in [7, 11) is 0. The van der Waals surface area contributed by atoms with Gasteiger partial charge < -0.3 is 14.8 Å². The Bertz CT molecular complexity index is 681. The molecule has 1 aromatic carbocycles. The number of aryl methyl sites for hydroxylation is 1. The van der Waals surface area contributed by atoms with E-state index < -0.39 is 12.0 Å². The number of benzene rings is 1. The number of carboxylic acid groups (broad SMARTS) is 1. The Morgan fingerprint density at radius 3 is 2.62 bits per heavy atom. The molecule has 0 unspecified atom stereocenters. The van der Waals surface area contributed by atoms with Gasteiger partial charge in [-0.3, -0.25) is 4.79 Å². The van der Waals surface area contributed by atoms with Crippen molar-refractivity contribution in [3.8, 4) is 11.3 Å². The van der Waals surface area contributed by atoms with Crippen LogP contribution >= 0.6 is 0 Å². The minimum absolute atomic E-state index is 0.127. The van der Waals surface area contributed by atoms with Gasteiger partial charge in [0, 0.05) is 18.4 Å². The third-order valence-electron chi connectivity index (χ3n) is 3.97. The lowest BCUT2D eigenvalue weighted by Gasteiger charge is -2.19. The molecule has 0 bridgehead atoms. The predicted octanol–water partition coefficient (Wildman–Crippen LogP) is 2.89. The maximum Gasteiger partial charge on any atom is 0.326 e. The minimum atomic E-state index is -1.01. The van der Waals surface area contributed by atoms with Gasteiger partial charge in [-0.15, -0.1) is 0 Å². The van der Waals surface area contributed by atoms with Gasteiger partial charge in [0.1, 0.15) is 6.04 Å². The van der Waals surface area contributed by atoms with Crippen LogP contribution in [0.15, 0.2) is 40.9 Å². The molecule has 1 heterocycles. The highest BCUT2D eigenvalue weighted by Crippen LogP contribution is 2.20. The van der Waals surface area contributed by atoms with E-state index in [0.717, 1.165) is 5.56 Å². The van der Waals surface area contributed by atoms with Gasteiger partial charge in [0.15, 0.2) is 11.7 Å². The van der Waals surface area contributed by atoms with Crippen molar-refractivity contribution in [3.63, 3.8) is 0 Å². The summed E-state index contributed by atoms with van der Waals surface area (Å²) < 4.78 is 5.63. The topological polar surface area (TPSA) is 92.4 Å². The number of aromatic nitrogens is 1. The van der Waals surface area contributed by atoms with Gasteiger partial charge in [-0.2, -0.15) is 0 Å². The molecular weight excluding hydrogens is 308 g/mol. The molecule has 0 aliphatic heterocycles. The number of rotatable bonds is 8. The molecule has 128 valence electrons. The highest BCUT2D eigenvalue weighted by atomic mass is 16.4. The molecule has 0 radical (unpaired) electrons. The highest BCUT2D eigenvalue weighted by molar-refractivity contribution is 5.83. The van der Waals surface area contributed by atoms with Crippen LogP contribution in [0, 0.1) is 5.92 Å². The van der Waals surface area contributed by atoms with Crippen molar-refractivity contribution in [1.82, 2.24) is 10.3 Å². The summed E-state index contributed by atoms with van der Waals surface area (Å²) >= 11 is 0. The zero-order valence-corrected chi connectivity index (χ0v) is 13.9. The zero-order valence-electron chi connectivity index (χ0n) is 13.9. The van der Waals surface area contributed by atoms with E-state index in [9.17, 15) is 14.7 Å². The average molecular weight is 330 g/mol. The summed E-state index contributed by atoms with van der Waals surface area (Å²) in [6, 6.07) is 8.70. The van der Waals surface area contributed by atoms with E-state index in [-0.39, 0.29) is 18.2 Å². The molecule has 2 atom stereocenters. The molecule has 0 aliphatic carbocycles. The number of nitrogens with zero attached hydrogens (tertiary/aromatic N) is 1. The molecule has 2 rings (SSSR count). The first-order chi connectivity index (χ1) is 11.5. The van der Waals surface area contributed by atoms with Gasteiger partial charge in [-0.05, 0) is 5.92 Å². The van der Waals surface area contributed by atoms with Crippen LogP contribution in [-0.4, -0.2) is 28.0 Å². The van der Waals surface area contributed by atoms with Crippen LogP contribution in [0.4, 0.5) is 0 Å². The first-order valence-corrected chi connectivity index (χ1v) is 8.03. The van der Waals surface area contributed by atoms with E-state index in [2.05, 4.69) is 10.3 Å². The van der Waals surface area contributed by atoms with E-state index in [4.69, 9.17) is 4.42 Å². The average Bonchev–Trinajstić information content (AvgIpc) is 3.06. The number of hydrogen-bond donors (Lipinski definition) is 2. The molecular formula is C18H22N2O4. The third kappa shape index (κ3) is 4.68. The van der Waals surface area contributed by atoms with Crippen molar-refractivity contribution in [2.45, 2.75) is 39.2 Å². The van der Waals surface area contributed by atoms with Gasteiger partial charge in [-0.1, -0.05) is 50.6 Å². The van der Waals surface area contributed by atoms with Gasteiger partial charge >= 0.3 is 5.97 Å². The van der Waals surface area contributed by atoms with Crippen LogP contribution in [0.25, 0.3) is 11.3 Å². The summed E-state index contributed by atoms with van der Waals surface area (Å²) in [5.41, 5.74) is 0.920. The zero-order chi connectivity index (χ0) is 17.5. The van der Waals surface area contributed by atoms with Crippen LogP contribution in [-0.2, 0) is 16.0 Å². The lowest BCUT2D eigenvalue weighted by atomic mass is 9.99. The van der Waals surface area contributed by atoms with Crippen molar-refractivity contribution in [2.24, 2.45) is 5.92 Å². The van der Waals surface area contributed by atoms with Crippen molar-refractivity contribution in [1.29, 1.82) is 0 Å². The second-order valence-electron chi connectivity index (χ2n) is 5.75. The van der Waals surface area contributed by atoms with Crippen molar-refractivity contribution < 1.29 is 19.1 Å². The summed E-state index contributed by atoms with van der Waals surface area (Å²) in [6.45, 7) is 3.70. The number of hydrogen-bond acceptors (Lipinski definition) is 4. The van der Waals surface area contributed by atoms with Gasteiger partial charge in [0.25, 0.3) is 0 Å². The highest BCUT2D eigenvalue weighted by Gasteiger charge is 2.25. The molecule has 0 aliphatic rings. The second-order valence-corrected chi connectivity index (χ2v) is 5.75. The number of carboxylic acids is 1. The van der Waals surface area contributed by atoms with Gasteiger partial charge in [-0.25, -0.2) is 9.78 Å². The lowest BCUT2D eigenvalue weighted by molar-refractivity contribution is -0.143. The Kier molecular flexibility index (Phi) is 6.12. The Labute approximate surface area is 140 Å². The molecule has 6 heteroatoms. The first kappa shape index (κ1) is 17.7. The molecule has 6 nitrogen and oxygen atoms in total. The smallest absolute Gasteiger partial charge is 0.326 e.